The van der Waals surface area contributed by atoms with E-state index in [1.54, 1.807) is 42.7 Å². The van der Waals surface area contributed by atoms with Gasteiger partial charge in [-0.25, -0.2) is 0 Å². The van der Waals surface area contributed by atoms with E-state index in [1.807, 2.05) is 0 Å². The predicted octanol–water partition coefficient (Wildman–Crippen LogP) is 2.42. The second kappa shape index (κ2) is 10.5. The summed E-state index contributed by atoms with van der Waals surface area (Å²) < 4.78 is 15.9. The molecule has 0 radical (unpaired) electrons. The van der Waals surface area contributed by atoms with Crippen LogP contribution in [0.5, 0.6) is 5.75 Å². The van der Waals surface area contributed by atoms with Crippen LogP contribution < -0.4 is 15.4 Å². The number of carbonyl (C=O) groups is 2. The molecule has 9 nitrogen and oxygen atoms in total. The minimum atomic E-state index is -0.343. The van der Waals surface area contributed by atoms with Crippen LogP contribution in [0.4, 0.5) is 0 Å². The highest BCUT2D eigenvalue weighted by molar-refractivity contribution is 7.99. The number of hydrogen-bond donors (Lipinski definition) is 2. The average molecular weight is 437 g/mol. The van der Waals surface area contributed by atoms with Crippen molar-refractivity contribution in [3.8, 4) is 5.75 Å². The van der Waals surface area contributed by atoms with Crippen molar-refractivity contribution in [2.75, 3.05) is 12.4 Å². The van der Waals surface area contributed by atoms with E-state index in [9.17, 15) is 9.59 Å². The fourth-order valence-corrected chi connectivity index (χ4v) is 2.79. The molecule has 0 atom stereocenters. The molecular weight excluding hydrogens is 420 g/mol. The number of furan rings is 1. The van der Waals surface area contributed by atoms with Gasteiger partial charge in [-0.05, 0) is 36.4 Å². The Morgan fingerprint density at radius 2 is 1.86 bits per heavy atom. The lowest BCUT2D eigenvalue weighted by atomic mass is 10.3. The van der Waals surface area contributed by atoms with Crippen LogP contribution in [0.15, 0.2) is 56.7 Å². The Labute approximate surface area is 175 Å². The third-order valence-electron chi connectivity index (χ3n) is 3.44. The van der Waals surface area contributed by atoms with Crippen LogP contribution in [0, 0.1) is 0 Å². The summed E-state index contributed by atoms with van der Waals surface area (Å²) in [6.45, 7) is 0.208. The molecule has 0 bridgehead atoms. The lowest BCUT2D eigenvalue weighted by Gasteiger charge is -2.06. The minimum Gasteiger partial charge on any atom is -0.484 e. The van der Waals surface area contributed by atoms with Gasteiger partial charge in [-0.3, -0.25) is 9.59 Å². The van der Waals surface area contributed by atoms with Crippen molar-refractivity contribution in [2.45, 2.75) is 18.3 Å². The molecule has 0 unspecified atom stereocenters. The summed E-state index contributed by atoms with van der Waals surface area (Å²) in [5.41, 5.74) is 0. The summed E-state index contributed by atoms with van der Waals surface area (Å²) in [5, 5.41) is 13.8. The molecule has 29 heavy (non-hydrogen) atoms. The number of nitrogens with one attached hydrogen (secondary N) is 2. The monoisotopic (exact) mass is 436 g/mol. The Bertz CT molecular complexity index is 930. The van der Waals surface area contributed by atoms with Gasteiger partial charge in [0.1, 0.15) is 11.5 Å². The van der Waals surface area contributed by atoms with Crippen molar-refractivity contribution in [1.29, 1.82) is 0 Å². The van der Waals surface area contributed by atoms with Gasteiger partial charge in [0.05, 0.1) is 25.1 Å². The molecule has 2 heterocycles. The normalized spacial score (nSPS) is 10.5. The summed E-state index contributed by atoms with van der Waals surface area (Å²) in [7, 11) is 0. The number of ether oxygens (including phenoxy) is 1. The van der Waals surface area contributed by atoms with Crippen LogP contribution in [0.25, 0.3) is 0 Å². The zero-order valence-electron chi connectivity index (χ0n) is 15.1. The van der Waals surface area contributed by atoms with Crippen molar-refractivity contribution >= 4 is 35.2 Å². The zero-order valence-corrected chi connectivity index (χ0v) is 16.7. The van der Waals surface area contributed by atoms with Gasteiger partial charge in [0.25, 0.3) is 11.1 Å². The molecule has 1 aromatic carbocycles. The fourth-order valence-electron chi connectivity index (χ4n) is 2.05. The van der Waals surface area contributed by atoms with Gasteiger partial charge < -0.3 is 24.2 Å². The standard InChI is InChI=1S/C18H17ClN4O5S/c19-12-3-5-13(6-4-12)27-10-15(24)21-9-17-22-23-18(28-17)29-11-16(25)20-8-14-2-1-7-26-14/h1-7H,8-11H2,(H,20,25)(H,21,24). The number of halogens is 1. The number of nitrogens with zero attached hydrogens (tertiary/aromatic N) is 2. The first kappa shape index (κ1) is 20.7. The Balaban J connectivity index is 1.33. The molecule has 152 valence electrons. The highest BCUT2D eigenvalue weighted by Gasteiger charge is 2.11. The van der Waals surface area contributed by atoms with Crippen molar-refractivity contribution < 1.29 is 23.2 Å². The van der Waals surface area contributed by atoms with Crippen molar-refractivity contribution in [1.82, 2.24) is 20.8 Å². The van der Waals surface area contributed by atoms with Gasteiger partial charge in [0.2, 0.25) is 11.8 Å². The zero-order chi connectivity index (χ0) is 20.5. The van der Waals surface area contributed by atoms with Gasteiger partial charge in [0.15, 0.2) is 6.61 Å². The van der Waals surface area contributed by atoms with E-state index in [-0.39, 0.29) is 41.8 Å². The Morgan fingerprint density at radius 3 is 2.62 bits per heavy atom. The van der Waals surface area contributed by atoms with E-state index in [0.717, 1.165) is 11.8 Å². The molecule has 2 amide bonds. The van der Waals surface area contributed by atoms with E-state index in [4.69, 9.17) is 25.2 Å². The van der Waals surface area contributed by atoms with E-state index in [0.29, 0.717) is 23.1 Å². The van der Waals surface area contributed by atoms with Gasteiger partial charge in [-0.15, -0.1) is 10.2 Å². The first-order chi connectivity index (χ1) is 14.1. The first-order valence-corrected chi connectivity index (χ1v) is 9.84. The summed E-state index contributed by atoms with van der Waals surface area (Å²) in [4.78, 5) is 23.6. The van der Waals surface area contributed by atoms with Gasteiger partial charge in [-0.1, -0.05) is 23.4 Å². The van der Waals surface area contributed by atoms with Crippen LogP contribution in [0.2, 0.25) is 5.02 Å². The maximum atomic E-state index is 11.8. The Kier molecular flexibility index (Phi) is 7.54. The number of aromatic nitrogens is 2. The molecule has 0 aliphatic heterocycles. The van der Waals surface area contributed by atoms with Crippen molar-refractivity contribution in [3.05, 3.63) is 59.3 Å². The van der Waals surface area contributed by atoms with E-state index in [1.165, 1.54) is 0 Å². The third kappa shape index (κ3) is 7.16. The molecule has 0 fully saturated rings. The summed E-state index contributed by atoms with van der Waals surface area (Å²) >= 11 is 6.88. The van der Waals surface area contributed by atoms with Gasteiger partial charge in [0, 0.05) is 5.02 Å². The number of hydrogen-bond acceptors (Lipinski definition) is 8. The molecule has 11 heteroatoms. The second-order valence-corrected chi connectivity index (χ2v) is 6.99. The highest BCUT2D eigenvalue weighted by atomic mass is 35.5. The summed E-state index contributed by atoms with van der Waals surface area (Å²) in [6.07, 6.45) is 1.54. The van der Waals surface area contributed by atoms with Gasteiger partial charge in [-0.2, -0.15) is 0 Å². The average Bonchev–Trinajstić information content (AvgIpc) is 3.40. The van der Waals surface area contributed by atoms with E-state index in [2.05, 4.69) is 20.8 Å². The topological polar surface area (TPSA) is 119 Å². The Morgan fingerprint density at radius 1 is 1.07 bits per heavy atom. The van der Waals surface area contributed by atoms with Crippen LogP contribution in [-0.4, -0.2) is 34.4 Å². The maximum Gasteiger partial charge on any atom is 0.277 e. The molecule has 0 saturated heterocycles. The lowest BCUT2D eigenvalue weighted by molar-refractivity contribution is -0.123. The molecule has 0 aliphatic rings. The molecule has 0 saturated carbocycles. The number of thioether (sulfide) groups is 1. The number of rotatable bonds is 10. The summed E-state index contributed by atoms with van der Waals surface area (Å²) in [5.74, 6) is 1.00. The Hall–Kier alpha value is -2.98. The number of amides is 2. The van der Waals surface area contributed by atoms with Crippen LogP contribution in [0.1, 0.15) is 11.7 Å². The van der Waals surface area contributed by atoms with Crippen molar-refractivity contribution in [3.63, 3.8) is 0 Å². The summed E-state index contributed by atoms with van der Waals surface area (Å²) in [6, 6.07) is 10.2. The van der Waals surface area contributed by atoms with E-state index >= 15 is 0 Å². The lowest BCUT2D eigenvalue weighted by Crippen LogP contribution is -2.28. The molecule has 2 aromatic heterocycles. The van der Waals surface area contributed by atoms with Crippen molar-refractivity contribution in [2.24, 2.45) is 0 Å². The molecule has 2 N–H and O–H groups in total. The largest absolute Gasteiger partial charge is 0.484 e. The third-order valence-corrected chi connectivity index (χ3v) is 4.51. The quantitative estimate of drug-likeness (QED) is 0.465. The number of benzene rings is 1. The van der Waals surface area contributed by atoms with Gasteiger partial charge >= 0.3 is 0 Å². The van der Waals surface area contributed by atoms with Crippen LogP contribution in [0.3, 0.4) is 0 Å². The molecule has 3 aromatic rings. The minimum absolute atomic E-state index is 0.0566. The molecular formula is C18H17ClN4O5S. The fraction of sp³-hybridized carbons (Fsp3) is 0.222. The predicted molar refractivity (Wildman–Crippen MR) is 104 cm³/mol. The number of carbonyl (C=O) groups excluding carboxylic acids is 2. The van der Waals surface area contributed by atoms with E-state index < -0.39 is 0 Å². The van der Waals surface area contributed by atoms with Crippen LogP contribution >= 0.6 is 23.4 Å². The maximum absolute atomic E-state index is 11.8. The molecule has 0 spiro atoms. The molecule has 3 rings (SSSR count). The first-order valence-electron chi connectivity index (χ1n) is 8.48. The highest BCUT2D eigenvalue weighted by Crippen LogP contribution is 2.16. The van der Waals surface area contributed by atoms with Crippen LogP contribution in [-0.2, 0) is 22.7 Å². The molecule has 0 aliphatic carbocycles. The second-order valence-electron chi connectivity index (χ2n) is 5.63. The smallest absolute Gasteiger partial charge is 0.277 e. The SMILES string of the molecule is O=C(COc1ccc(Cl)cc1)NCc1nnc(SCC(=O)NCc2ccco2)o1.